The van der Waals surface area contributed by atoms with Crippen LogP contribution in [0.3, 0.4) is 0 Å². The number of hydrogen-bond acceptors (Lipinski definition) is 4. The minimum atomic E-state index is -0.129. The highest BCUT2D eigenvalue weighted by Crippen LogP contribution is 2.29. The minimum Gasteiger partial charge on any atom is -0.493 e. The fraction of sp³-hybridized carbons (Fsp3) is 0.208. The van der Waals surface area contributed by atoms with Gasteiger partial charge in [-0.2, -0.15) is 0 Å². The van der Waals surface area contributed by atoms with Crippen molar-refractivity contribution in [2.24, 2.45) is 0 Å². The summed E-state index contributed by atoms with van der Waals surface area (Å²) in [4.78, 5) is 16.2. The molecule has 0 spiro atoms. The molecule has 5 heteroatoms. The van der Waals surface area contributed by atoms with Gasteiger partial charge in [0.05, 0.1) is 6.61 Å². The number of ether oxygens (including phenoxy) is 1. The van der Waals surface area contributed by atoms with Gasteiger partial charge < -0.3 is 15.0 Å². The van der Waals surface area contributed by atoms with Crippen molar-refractivity contribution in [2.45, 2.75) is 19.4 Å². The number of hydrogen-bond donors (Lipinski definition) is 1. The number of amides is 1. The van der Waals surface area contributed by atoms with Crippen molar-refractivity contribution in [2.75, 3.05) is 23.4 Å². The lowest BCUT2D eigenvalue weighted by atomic mass is 10.1. The molecule has 1 amide bonds. The smallest absolute Gasteiger partial charge is 0.248 e. The summed E-state index contributed by atoms with van der Waals surface area (Å²) in [6.45, 7) is 2.73. The molecule has 5 rings (SSSR count). The van der Waals surface area contributed by atoms with E-state index in [9.17, 15) is 4.79 Å². The molecule has 4 nitrogen and oxygen atoms in total. The van der Waals surface area contributed by atoms with Gasteiger partial charge in [-0.3, -0.25) is 4.79 Å². The van der Waals surface area contributed by atoms with Crippen LogP contribution in [0.15, 0.2) is 60.0 Å². The fourth-order valence-corrected chi connectivity index (χ4v) is 4.78. The van der Waals surface area contributed by atoms with Crippen LogP contribution in [0, 0.1) is 0 Å². The van der Waals surface area contributed by atoms with Crippen LogP contribution in [-0.4, -0.2) is 19.1 Å². The Hall–Kier alpha value is -3.05. The molecule has 0 saturated heterocycles. The van der Waals surface area contributed by atoms with E-state index in [1.807, 2.05) is 41.7 Å². The highest BCUT2D eigenvalue weighted by molar-refractivity contribution is 7.10. The fourth-order valence-electron chi connectivity index (χ4n) is 3.89. The molecule has 0 unspecified atom stereocenters. The maximum absolute atomic E-state index is 12.3. The Morgan fingerprint density at radius 2 is 1.97 bits per heavy atom. The van der Waals surface area contributed by atoms with E-state index < -0.39 is 0 Å². The number of nitrogens with zero attached hydrogens (tertiary/aromatic N) is 1. The first-order chi connectivity index (χ1) is 14.2. The summed E-state index contributed by atoms with van der Waals surface area (Å²) in [6, 6.07) is 16.3. The Labute approximate surface area is 174 Å². The van der Waals surface area contributed by atoms with Crippen molar-refractivity contribution in [3.8, 4) is 5.75 Å². The number of fused-ring (bicyclic) bond motifs is 2. The Bertz CT molecular complexity index is 1070. The molecule has 0 bridgehead atoms. The van der Waals surface area contributed by atoms with Crippen molar-refractivity contribution in [1.29, 1.82) is 0 Å². The molecule has 2 aliphatic rings. The maximum Gasteiger partial charge on any atom is 0.248 e. The van der Waals surface area contributed by atoms with Gasteiger partial charge >= 0.3 is 0 Å². The van der Waals surface area contributed by atoms with Gasteiger partial charge in [-0.05, 0) is 77.0 Å². The summed E-state index contributed by atoms with van der Waals surface area (Å²) in [5.74, 6) is 0.825. The highest BCUT2D eigenvalue weighted by Gasteiger charge is 2.17. The Morgan fingerprint density at radius 1 is 1.07 bits per heavy atom. The van der Waals surface area contributed by atoms with E-state index in [-0.39, 0.29) is 5.91 Å². The van der Waals surface area contributed by atoms with Gasteiger partial charge in [-0.15, -0.1) is 11.3 Å². The van der Waals surface area contributed by atoms with Crippen molar-refractivity contribution >= 4 is 34.7 Å². The second kappa shape index (κ2) is 7.76. The predicted molar refractivity (Wildman–Crippen MR) is 119 cm³/mol. The van der Waals surface area contributed by atoms with Crippen LogP contribution in [0.5, 0.6) is 5.75 Å². The third kappa shape index (κ3) is 3.91. The van der Waals surface area contributed by atoms with Crippen LogP contribution in [0.2, 0.25) is 0 Å². The first kappa shape index (κ1) is 18.0. The van der Waals surface area contributed by atoms with Gasteiger partial charge in [0.2, 0.25) is 5.91 Å². The summed E-state index contributed by atoms with van der Waals surface area (Å²) in [5, 5.41) is 5.12. The highest BCUT2D eigenvalue weighted by atomic mass is 32.1. The molecule has 2 aliphatic heterocycles. The molecule has 0 radical (unpaired) electrons. The summed E-state index contributed by atoms with van der Waals surface area (Å²) in [5.41, 5.74) is 5.64. The molecule has 1 N–H and O–H groups in total. The van der Waals surface area contributed by atoms with Crippen molar-refractivity contribution in [1.82, 2.24) is 0 Å². The summed E-state index contributed by atoms with van der Waals surface area (Å²) >= 11 is 1.85. The van der Waals surface area contributed by atoms with Gasteiger partial charge in [0, 0.05) is 41.8 Å². The average molecular weight is 403 g/mol. The van der Waals surface area contributed by atoms with Crippen LogP contribution in [0.4, 0.5) is 11.4 Å². The zero-order chi connectivity index (χ0) is 19.6. The molecule has 0 saturated carbocycles. The number of rotatable bonds is 4. The van der Waals surface area contributed by atoms with E-state index in [4.69, 9.17) is 4.74 Å². The number of thiophene rings is 1. The minimum absolute atomic E-state index is 0.129. The van der Waals surface area contributed by atoms with E-state index in [0.29, 0.717) is 0 Å². The van der Waals surface area contributed by atoms with Gasteiger partial charge in [0.25, 0.3) is 0 Å². The van der Waals surface area contributed by atoms with Crippen LogP contribution < -0.4 is 15.0 Å². The molecule has 2 aromatic carbocycles. The second-order valence-electron chi connectivity index (χ2n) is 7.38. The number of carbonyl (C=O) groups excluding carboxylic acids is 1. The molecule has 1 aromatic heterocycles. The van der Waals surface area contributed by atoms with Gasteiger partial charge in [-0.1, -0.05) is 6.07 Å². The lowest BCUT2D eigenvalue weighted by molar-refractivity contribution is -0.111. The van der Waals surface area contributed by atoms with Crippen molar-refractivity contribution in [3.05, 3.63) is 81.6 Å². The van der Waals surface area contributed by atoms with Crippen LogP contribution in [0.1, 0.15) is 21.6 Å². The largest absolute Gasteiger partial charge is 0.493 e. The second-order valence-corrected chi connectivity index (χ2v) is 8.38. The first-order valence-corrected chi connectivity index (χ1v) is 10.8. The summed E-state index contributed by atoms with van der Waals surface area (Å²) < 4.78 is 5.52. The SMILES string of the molecule is O=C(/C=C/c1ccc2c(c1)CCO2)Nc1ccc(N2CCc3sccc3C2)cc1. The normalized spacial score (nSPS) is 15.1. The quantitative estimate of drug-likeness (QED) is 0.631. The van der Waals surface area contributed by atoms with Crippen LogP contribution >= 0.6 is 11.3 Å². The number of nitrogens with one attached hydrogen (secondary N) is 1. The van der Waals surface area contributed by atoms with E-state index in [2.05, 4.69) is 39.9 Å². The van der Waals surface area contributed by atoms with E-state index in [1.165, 1.54) is 21.7 Å². The topological polar surface area (TPSA) is 41.6 Å². The van der Waals surface area contributed by atoms with Crippen molar-refractivity contribution < 1.29 is 9.53 Å². The van der Waals surface area contributed by atoms with E-state index in [1.54, 1.807) is 6.08 Å². The Balaban J connectivity index is 1.20. The standard InChI is InChI=1S/C24H22N2O2S/c27-24(8-2-17-1-7-22-18(15-17)10-13-28-22)25-20-3-5-21(6-4-20)26-12-9-23-19(16-26)11-14-29-23/h1-8,11,14-15H,9-10,12-13,16H2,(H,25,27)/b8-2+. The molecule has 0 atom stereocenters. The van der Waals surface area contributed by atoms with Gasteiger partial charge in [0.1, 0.15) is 5.75 Å². The van der Waals surface area contributed by atoms with Gasteiger partial charge in [-0.25, -0.2) is 0 Å². The Kier molecular flexibility index (Phi) is 4.82. The van der Waals surface area contributed by atoms with Gasteiger partial charge in [0.15, 0.2) is 0 Å². The zero-order valence-corrected chi connectivity index (χ0v) is 16.9. The molecule has 0 fully saturated rings. The monoisotopic (exact) mass is 402 g/mol. The zero-order valence-electron chi connectivity index (χ0n) is 16.1. The number of anilines is 2. The molecule has 0 aliphatic carbocycles. The molecule has 3 heterocycles. The molecular formula is C24H22N2O2S. The van der Waals surface area contributed by atoms with Crippen LogP contribution in [0.25, 0.3) is 6.08 Å². The predicted octanol–water partition coefficient (Wildman–Crippen LogP) is 4.90. The molecule has 3 aromatic rings. The third-order valence-electron chi connectivity index (χ3n) is 5.45. The molecule has 29 heavy (non-hydrogen) atoms. The third-order valence-corrected chi connectivity index (χ3v) is 6.47. The molecular weight excluding hydrogens is 380 g/mol. The summed E-state index contributed by atoms with van der Waals surface area (Å²) in [7, 11) is 0. The lowest BCUT2D eigenvalue weighted by Gasteiger charge is -2.29. The van der Waals surface area contributed by atoms with E-state index in [0.717, 1.165) is 49.5 Å². The lowest BCUT2D eigenvalue weighted by Crippen LogP contribution is -2.29. The number of benzene rings is 2. The van der Waals surface area contributed by atoms with Crippen molar-refractivity contribution in [3.63, 3.8) is 0 Å². The maximum atomic E-state index is 12.3. The first-order valence-electron chi connectivity index (χ1n) is 9.90. The number of carbonyl (C=O) groups is 1. The Morgan fingerprint density at radius 3 is 2.86 bits per heavy atom. The molecule has 146 valence electrons. The van der Waals surface area contributed by atoms with E-state index >= 15 is 0 Å². The average Bonchev–Trinajstić information content (AvgIpc) is 3.41. The van der Waals surface area contributed by atoms with Crippen LogP contribution in [-0.2, 0) is 24.2 Å². The summed E-state index contributed by atoms with van der Waals surface area (Å²) in [6.07, 6.45) is 5.45.